The molecule has 0 nitrogen and oxygen atoms in total. The van der Waals surface area contributed by atoms with E-state index in [1.54, 1.807) is 0 Å². The predicted octanol–water partition coefficient (Wildman–Crippen LogP) is 4.47. The number of benzene rings is 1. The molecule has 1 rings (SSSR count). The fraction of sp³-hybridized carbons (Fsp3) is 0.455. The van der Waals surface area contributed by atoms with Gasteiger partial charge in [-0.3, -0.25) is 0 Å². The molecular weight excluding hydrogens is 309 g/mol. The van der Waals surface area contributed by atoms with Gasteiger partial charge in [0.05, 0.1) is 0 Å². The molecule has 0 unspecified atom stereocenters. The van der Waals surface area contributed by atoms with Crippen LogP contribution in [0.25, 0.3) is 0 Å². The van der Waals surface area contributed by atoms with E-state index in [1.807, 2.05) is 23.9 Å². The monoisotopic (exact) mass is 322 g/mol. The first kappa shape index (κ1) is 14.7. The van der Waals surface area contributed by atoms with Gasteiger partial charge < -0.3 is 0 Å². The van der Waals surface area contributed by atoms with E-state index in [9.17, 15) is 0 Å². The first-order valence-corrected chi connectivity index (χ1v) is 12.6. The molecule has 1 aromatic carbocycles. The van der Waals surface area contributed by atoms with Gasteiger partial charge in [-0.2, -0.15) is 42.1 Å². The molecule has 14 heavy (non-hydrogen) atoms. The minimum absolute atomic E-state index is 0.813. The van der Waals surface area contributed by atoms with Crippen LogP contribution in [0.1, 0.15) is 20.3 Å². The van der Waals surface area contributed by atoms with Crippen LogP contribution in [0.4, 0.5) is 0 Å². The van der Waals surface area contributed by atoms with E-state index in [0.29, 0.717) is 0 Å². The van der Waals surface area contributed by atoms with Gasteiger partial charge in [0, 0.05) is 0 Å². The summed E-state index contributed by atoms with van der Waals surface area (Å²) in [6, 6.07) is 11.2. The van der Waals surface area contributed by atoms with Crippen molar-refractivity contribution in [3.8, 4) is 0 Å². The van der Waals surface area contributed by atoms with Crippen LogP contribution in [-0.4, -0.2) is 5.75 Å². The molecule has 0 fully saturated rings. The number of thioether (sulfide) groups is 1. The molecule has 0 saturated carbocycles. The van der Waals surface area contributed by atoms with Crippen molar-refractivity contribution in [2.24, 2.45) is 5.92 Å². The molecule has 0 aliphatic carbocycles. The van der Waals surface area contributed by atoms with Crippen LogP contribution >= 0.6 is 25.4 Å². The van der Waals surface area contributed by atoms with E-state index >= 15 is 0 Å². The van der Waals surface area contributed by atoms with Crippen molar-refractivity contribution in [3.05, 3.63) is 30.3 Å². The Bertz CT molecular complexity index is 214. The summed E-state index contributed by atoms with van der Waals surface area (Å²) in [7, 11) is 0. The van der Waals surface area contributed by atoms with Gasteiger partial charge in [0.2, 0.25) is 0 Å². The molecule has 0 amide bonds. The molecule has 0 N–H and O–H groups in total. The Morgan fingerprint density at radius 2 is 1.93 bits per heavy atom. The van der Waals surface area contributed by atoms with Crippen molar-refractivity contribution in [3.63, 3.8) is 0 Å². The zero-order chi connectivity index (χ0) is 10.8. The Morgan fingerprint density at radius 3 is 2.43 bits per heavy atom. The van der Waals surface area contributed by atoms with E-state index in [1.165, 1.54) is 33.4 Å². The Morgan fingerprint density at radius 1 is 1.36 bits per heavy atom. The fourth-order valence-corrected chi connectivity index (χ4v) is 2.03. The molecular formula is C11H15BrSZn. The molecule has 3 heteroatoms. The van der Waals surface area contributed by atoms with E-state index < -0.39 is 0 Å². The minimum atomic E-state index is 0.813. The second-order valence-electron chi connectivity index (χ2n) is 3.27. The summed E-state index contributed by atoms with van der Waals surface area (Å²) in [5.74, 6) is 2.04. The Kier molecular flexibility index (Phi) is 10.7. The molecule has 1 aromatic rings. The Balaban J connectivity index is 0.000000791. The second-order valence-corrected chi connectivity index (χ2v) is 4.44. The maximum atomic E-state index is 3.06. The number of halogens is 1. The van der Waals surface area contributed by atoms with Crippen LogP contribution in [0.2, 0.25) is 0 Å². The predicted molar refractivity (Wildman–Crippen MR) is 64.4 cm³/mol. The van der Waals surface area contributed by atoms with E-state index in [0.717, 1.165) is 5.92 Å². The molecule has 0 atom stereocenters. The van der Waals surface area contributed by atoms with Crippen LogP contribution in [0.5, 0.6) is 0 Å². The van der Waals surface area contributed by atoms with Gasteiger partial charge >= 0.3 is 30.0 Å². The molecule has 0 saturated heterocycles. The Hall–Kier alpha value is 0.673. The standard InChI is InChI=1S/C11H15S.BrH.Zn/c1-10(2)8-9-12-11-6-4-3-5-7-11;;/h4-7,10H,8-9H2,1-2H3;1H;/q-1;;+2/p-1. The molecule has 0 aliphatic rings. The molecule has 74 valence electrons. The second kappa shape index (κ2) is 10.2. The number of hydrogen-bond acceptors (Lipinski definition) is 1. The SMILES string of the molecule is CC(C)CCSc1cc[c-]cc1.[Zn+][Br]. The van der Waals surface area contributed by atoms with Crippen molar-refractivity contribution >= 4 is 25.4 Å². The van der Waals surface area contributed by atoms with Gasteiger partial charge in [-0.25, -0.2) is 0 Å². The zero-order valence-corrected chi connectivity index (χ0v) is 14.2. The van der Waals surface area contributed by atoms with Crippen LogP contribution in [0.15, 0.2) is 29.2 Å². The number of hydrogen-bond donors (Lipinski definition) is 0. The average Bonchev–Trinajstić information content (AvgIpc) is 2.22. The topological polar surface area (TPSA) is 0 Å². The molecule has 0 bridgehead atoms. The summed E-state index contributed by atoms with van der Waals surface area (Å²) in [6.07, 6.45) is 1.29. The summed E-state index contributed by atoms with van der Waals surface area (Å²) >= 11 is 6.18. The van der Waals surface area contributed by atoms with Crippen LogP contribution < -0.4 is 0 Å². The van der Waals surface area contributed by atoms with E-state index in [4.69, 9.17) is 0 Å². The van der Waals surface area contributed by atoms with Gasteiger partial charge in [-0.05, 0) is 18.1 Å². The van der Waals surface area contributed by atoms with Gasteiger partial charge in [-0.15, -0.1) is 4.90 Å². The van der Waals surface area contributed by atoms with Crippen LogP contribution in [0.3, 0.4) is 0 Å². The van der Waals surface area contributed by atoms with Crippen molar-refractivity contribution in [1.82, 2.24) is 0 Å². The van der Waals surface area contributed by atoms with Crippen LogP contribution in [-0.2, 0) is 16.3 Å². The maximum absolute atomic E-state index is 3.06. The first-order chi connectivity index (χ1) is 6.79. The molecule has 0 radical (unpaired) electrons. The van der Waals surface area contributed by atoms with E-state index in [-0.39, 0.29) is 0 Å². The summed E-state index contributed by atoms with van der Waals surface area (Å²) in [5, 5.41) is 0. The van der Waals surface area contributed by atoms with Crippen LogP contribution in [0, 0.1) is 12.0 Å². The summed E-state index contributed by atoms with van der Waals surface area (Å²) < 4.78 is 0. The molecule has 0 heterocycles. The first-order valence-electron chi connectivity index (χ1n) is 4.64. The molecule has 0 aliphatic heterocycles. The quantitative estimate of drug-likeness (QED) is 0.447. The van der Waals surface area contributed by atoms with Crippen molar-refractivity contribution in [2.45, 2.75) is 25.2 Å². The summed E-state index contributed by atoms with van der Waals surface area (Å²) in [4.78, 5) is 1.36. The number of rotatable bonds is 4. The normalized spacial score (nSPS) is 9.57. The average molecular weight is 325 g/mol. The van der Waals surface area contributed by atoms with Gasteiger partial charge in [0.25, 0.3) is 0 Å². The van der Waals surface area contributed by atoms with Gasteiger partial charge in [0.15, 0.2) is 0 Å². The third-order valence-corrected chi connectivity index (χ3v) is 2.70. The summed E-state index contributed by atoms with van der Waals surface area (Å²) in [5.41, 5.74) is 0. The molecule has 0 aromatic heterocycles. The van der Waals surface area contributed by atoms with Crippen molar-refractivity contribution in [1.29, 1.82) is 0 Å². The van der Waals surface area contributed by atoms with Gasteiger partial charge in [-0.1, -0.05) is 13.8 Å². The third-order valence-electron chi connectivity index (χ3n) is 1.65. The Labute approximate surface area is 108 Å². The molecule has 0 spiro atoms. The fourth-order valence-electron chi connectivity index (χ4n) is 0.880. The van der Waals surface area contributed by atoms with Crippen molar-refractivity contribution in [2.75, 3.05) is 5.75 Å². The van der Waals surface area contributed by atoms with Crippen molar-refractivity contribution < 1.29 is 16.3 Å². The third kappa shape index (κ3) is 8.02. The van der Waals surface area contributed by atoms with Gasteiger partial charge in [0.1, 0.15) is 0 Å². The van der Waals surface area contributed by atoms with E-state index in [2.05, 4.69) is 45.7 Å². The zero-order valence-electron chi connectivity index (χ0n) is 8.79. The summed E-state index contributed by atoms with van der Waals surface area (Å²) in [6.45, 7) is 4.53.